The third-order valence-corrected chi connectivity index (χ3v) is 5.63. The molecule has 5 atom stereocenters. The van der Waals surface area contributed by atoms with E-state index in [-0.39, 0.29) is 24.7 Å². The highest BCUT2D eigenvalue weighted by molar-refractivity contribution is 5.75. The summed E-state index contributed by atoms with van der Waals surface area (Å²) in [5, 5.41) is 12.5. The maximum atomic E-state index is 12.3. The lowest BCUT2D eigenvalue weighted by molar-refractivity contribution is 0.149. The molecule has 0 aromatic rings. The number of aliphatic hydroxyl groups is 1. The van der Waals surface area contributed by atoms with Crippen LogP contribution in [0.2, 0.25) is 0 Å². The Labute approximate surface area is 115 Å². The Hall–Kier alpha value is -0.770. The van der Waals surface area contributed by atoms with Crippen LogP contribution in [-0.4, -0.2) is 41.3 Å². The molecule has 2 bridgehead atoms. The number of carbonyl (C=O) groups excluding carboxylic acids is 1. The van der Waals surface area contributed by atoms with Gasteiger partial charge in [-0.15, -0.1) is 0 Å². The maximum Gasteiger partial charge on any atom is 0.317 e. The molecule has 0 spiro atoms. The molecule has 1 saturated heterocycles. The van der Waals surface area contributed by atoms with Gasteiger partial charge in [0.1, 0.15) is 0 Å². The van der Waals surface area contributed by atoms with Gasteiger partial charge in [-0.2, -0.15) is 0 Å². The van der Waals surface area contributed by atoms with Gasteiger partial charge < -0.3 is 15.3 Å². The Balaban J connectivity index is 1.54. The Morgan fingerprint density at radius 2 is 2.21 bits per heavy atom. The first-order valence-electron chi connectivity index (χ1n) is 7.87. The van der Waals surface area contributed by atoms with Crippen LogP contribution in [0.3, 0.4) is 0 Å². The number of hydrogen-bond acceptors (Lipinski definition) is 2. The second kappa shape index (κ2) is 5.31. The van der Waals surface area contributed by atoms with Gasteiger partial charge in [-0.1, -0.05) is 6.42 Å². The van der Waals surface area contributed by atoms with Crippen LogP contribution < -0.4 is 5.32 Å². The molecular weight excluding hydrogens is 240 g/mol. The number of nitrogens with one attached hydrogen (secondary N) is 1. The monoisotopic (exact) mass is 266 g/mol. The summed E-state index contributed by atoms with van der Waals surface area (Å²) in [5.41, 5.74) is 0. The molecule has 1 heterocycles. The second-order valence-corrected chi connectivity index (χ2v) is 6.75. The molecule has 108 valence electrons. The molecule has 0 radical (unpaired) electrons. The van der Waals surface area contributed by atoms with Crippen molar-refractivity contribution in [2.24, 2.45) is 17.8 Å². The van der Waals surface area contributed by atoms with Gasteiger partial charge in [-0.3, -0.25) is 0 Å². The highest BCUT2D eigenvalue weighted by Crippen LogP contribution is 2.49. The number of hydrogen-bond donors (Lipinski definition) is 2. The molecule has 0 aromatic carbocycles. The van der Waals surface area contributed by atoms with Crippen molar-refractivity contribution in [1.82, 2.24) is 10.2 Å². The average molecular weight is 266 g/mol. The number of rotatable bonds is 3. The number of likely N-dealkylation sites (tertiary alicyclic amines) is 1. The van der Waals surface area contributed by atoms with Crippen molar-refractivity contribution >= 4 is 6.03 Å². The summed E-state index contributed by atoms with van der Waals surface area (Å²) in [6.45, 7) is 3.05. The van der Waals surface area contributed by atoms with Crippen LogP contribution in [0.25, 0.3) is 0 Å². The first kappa shape index (κ1) is 13.2. The molecule has 1 aliphatic heterocycles. The van der Waals surface area contributed by atoms with Crippen molar-refractivity contribution in [1.29, 1.82) is 0 Å². The van der Waals surface area contributed by atoms with Gasteiger partial charge in [0.05, 0.1) is 12.6 Å². The Kier molecular flexibility index (Phi) is 3.70. The number of fused-ring (bicyclic) bond motifs is 2. The van der Waals surface area contributed by atoms with Crippen molar-refractivity contribution in [3.05, 3.63) is 0 Å². The van der Waals surface area contributed by atoms with E-state index in [1.165, 1.54) is 25.7 Å². The number of carbonyl (C=O) groups is 1. The van der Waals surface area contributed by atoms with E-state index in [9.17, 15) is 9.90 Å². The van der Waals surface area contributed by atoms with E-state index in [1.807, 2.05) is 4.90 Å². The Bertz CT molecular complexity index is 347. The first-order chi connectivity index (χ1) is 9.19. The highest BCUT2D eigenvalue weighted by Gasteiger charge is 2.42. The predicted molar refractivity (Wildman–Crippen MR) is 73.7 cm³/mol. The summed E-state index contributed by atoms with van der Waals surface area (Å²) >= 11 is 0. The van der Waals surface area contributed by atoms with Crippen LogP contribution >= 0.6 is 0 Å². The molecule has 0 aromatic heterocycles. The van der Waals surface area contributed by atoms with Crippen LogP contribution in [0.5, 0.6) is 0 Å². The van der Waals surface area contributed by atoms with Crippen molar-refractivity contribution in [3.8, 4) is 0 Å². The molecule has 2 saturated carbocycles. The molecule has 5 unspecified atom stereocenters. The normalized spacial score (nSPS) is 38.7. The smallest absolute Gasteiger partial charge is 0.317 e. The lowest BCUT2D eigenvalue weighted by Gasteiger charge is -2.31. The quantitative estimate of drug-likeness (QED) is 0.820. The number of nitrogens with zero attached hydrogens (tertiary/aromatic N) is 1. The average Bonchev–Trinajstić information content (AvgIpc) is 3.13. The molecule has 3 rings (SSSR count). The van der Waals surface area contributed by atoms with Crippen LogP contribution in [-0.2, 0) is 0 Å². The van der Waals surface area contributed by atoms with E-state index < -0.39 is 0 Å². The summed E-state index contributed by atoms with van der Waals surface area (Å²) in [6, 6.07) is 0.349. The van der Waals surface area contributed by atoms with Crippen molar-refractivity contribution in [2.45, 2.75) is 57.5 Å². The fourth-order valence-corrected chi connectivity index (χ4v) is 4.58. The van der Waals surface area contributed by atoms with Gasteiger partial charge in [0.15, 0.2) is 0 Å². The number of amides is 2. The molecule has 3 aliphatic rings. The van der Waals surface area contributed by atoms with E-state index in [4.69, 9.17) is 0 Å². The summed E-state index contributed by atoms with van der Waals surface area (Å²) in [6.07, 6.45) is 7.40. The summed E-state index contributed by atoms with van der Waals surface area (Å²) in [5.74, 6) is 2.44. The second-order valence-electron chi connectivity index (χ2n) is 6.75. The zero-order chi connectivity index (χ0) is 13.4. The number of urea groups is 1. The zero-order valence-electron chi connectivity index (χ0n) is 11.8. The van der Waals surface area contributed by atoms with E-state index >= 15 is 0 Å². The maximum absolute atomic E-state index is 12.3. The summed E-state index contributed by atoms with van der Waals surface area (Å²) in [4.78, 5) is 14.1. The van der Waals surface area contributed by atoms with Gasteiger partial charge in [-0.25, -0.2) is 4.79 Å². The van der Waals surface area contributed by atoms with Crippen molar-refractivity contribution in [2.75, 3.05) is 13.2 Å². The zero-order valence-corrected chi connectivity index (χ0v) is 11.8. The van der Waals surface area contributed by atoms with Crippen LogP contribution in [0.15, 0.2) is 0 Å². The van der Waals surface area contributed by atoms with Crippen molar-refractivity contribution in [3.63, 3.8) is 0 Å². The molecule has 4 nitrogen and oxygen atoms in total. The lowest BCUT2D eigenvalue weighted by atomic mass is 9.84. The minimum Gasteiger partial charge on any atom is -0.394 e. The van der Waals surface area contributed by atoms with Gasteiger partial charge in [0.25, 0.3) is 0 Å². The van der Waals surface area contributed by atoms with Crippen LogP contribution in [0.1, 0.15) is 45.4 Å². The predicted octanol–water partition coefficient (Wildman–Crippen LogP) is 1.98. The fourth-order valence-electron chi connectivity index (χ4n) is 4.58. The highest BCUT2D eigenvalue weighted by atomic mass is 16.3. The summed E-state index contributed by atoms with van der Waals surface area (Å²) in [7, 11) is 0. The van der Waals surface area contributed by atoms with Crippen molar-refractivity contribution < 1.29 is 9.90 Å². The molecule has 2 N–H and O–H groups in total. The van der Waals surface area contributed by atoms with Gasteiger partial charge in [-0.05, 0) is 56.8 Å². The van der Waals surface area contributed by atoms with Gasteiger partial charge in [0.2, 0.25) is 0 Å². The SMILES string of the molecule is CC(NC(=O)N1CCCC1CO)C1CC2CCC1C2. The minimum absolute atomic E-state index is 0.0341. The Morgan fingerprint density at radius 3 is 2.84 bits per heavy atom. The topological polar surface area (TPSA) is 52.6 Å². The van der Waals surface area contributed by atoms with Crippen LogP contribution in [0.4, 0.5) is 4.79 Å². The molecule has 2 aliphatic carbocycles. The van der Waals surface area contributed by atoms with E-state index in [1.54, 1.807) is 0 Å². The fraction of sp³-hybridized carbons (Fsp3) is 0.933. The summed E-state index contributed by atoms with van der Waals surface area (Å²) < 4.78 is 0. The lowest BCUT2D eigenvalue weighted by Crippen LogP contribution is -2.49. The Morgan fingerprint density at radius 1 is 1.37 bits per heavy atom. The minimum atomic E-state index is 0.0341. The van der Waals surface area contributed by atoms with E-state index in [2.05, 4.69) is 12.2 Å². The van der Waals surface area contributed by atoms with Gasteiger partial charge >= 0.3 is 6.03 Å². The molecule has 4 heteroatoms. The third-order valence-electron chi connectivity index (χ3n) is 5.63. The third kappa shape index (κ3) is 2.47. The molecule has 19 heavy (non-hydrogen) atoms. The van der Waals surface area contributed by atoms with E-state index in [0.717, 1.165) is 31.2 Å². The first-order valence-corrected chi connectivity index (χ1v) is 7.87. The van der Waals surface area contributed by atoms with E-state index in [0.29, 0.717) is 5.92 Å². The molecule has 3 fully saturated rings. The standard InChI is InChI=1S/C15H26N2O2/c1-10(14-8-11-4-5-12(14)7-11)16-15(19)17-6-2-3-13(17)9-18/h10-14,18H,2-9H2,1H3,(H,16,19). The largest absolute Gasteiger partial charge is 0.394 e. The van der Waals surface area contributed by atoms with Gasteiger partial charge in [0, 0.05) is 12.6 Å². The van der Waals surface area contributed by atoms with Crippen LogP contribution in [0, 0.1) is 17.8 Å². The molecule has 2 amide bonds. The number of aliphatic hydroxyl groups excluding tert-OH is 1. The molecular formula is C15H26N2O2.